The van der Waals surface area contributed by atoms with Crippen molar-refractivity contribution in [1.82, 2.24) is 29.0 Å². The minimum atomic E-state index is -0.700. The SMILES string of the molecule is CC1=C(C(=O)OCCn2cnc3c2c(=O)n(C)c(=O)n3C)C(c2cccc([N+](=O)[O-])c2)C(c2ccccn2)=C(C)N1. The van der Waals surface area contributed by atoms with Crippen LogP contribution in [0, 0.1) is 10.1 Å². The zero-order valence-electron chi connectivity index (χ0n) is 22.8. The second-order valence-corrected chi connectivity index (χ2v) is 9.65. The third kappa shape index (κ3) is 4.81. The topological polar surface area (TPSA) is 156 Å². The minimum absolute atomic E-state index is 0.101. The third-order valence-corrected chi connectivity index (χ3v) is 7.12. The van der Waals surface area contributed by atoms with Crippen LogP contribution in [-0.4, -0.2) is 41.2 Å². The summed E-state index contributed by atoms with van der Waals surface area (Å²) in [7, 11) is 2.91. The minimum Gasteiger partial charge on any atom is -0.460 e. The Kier molecular flexibility index (Phi) is 7.10. The summed E-state index contributed by atoms with van der Waals surface area (Å²) >= 11 is 0. The van der Waals surface area contributed by atoms with Gasteiger partial charge in [0.25, 0.3) is 11.2 Å². The average Bonchev–Trinajstić information content (AvgIpc) is 3.39. The van der Waals surface area contributed by atoms with E-state index in [-0.39, 0.29) is 35.6 Å². The second kappa shape index (κ2) is 10.7. The number of fused-ring (bicyclic) bond motifs is 1. The summed E-state index contributed by atoms with van der Waals surface area (Å²) in [6, 6.07) is 11.6. The number of aryl methyl sites for hydroxylation is 1. The van der Waals surface area contributed by atoms with E-state index in [9.17, 15) is 24.5 Å². The first kappa shape index (κ1) is 27.2. The Balaban J connectivity index is 1.49. The lowest BCUT2D eigenvalue weighted by atomic mass is 9.79. The first-order chi connectivity index (χ1) is 19.6. The van der Waals surface area contributed by atoms with Crippen LogP contribution in [0.25, 0.3) is 16.7 Å². The van der Waals surface area contributed by atoms with E-state index in [1.165, 1.54) is 41.7 Å². The number of imidazole rings is 1. The van der Waals surface area contributed by atoms with Crippen molar-refractivity contribution in [2.45, 2.75) is 26.3 Å². The summed E-state index contributed by atoms with van der Waals surface area (Å²) in [6.45, 7) is 3.61. The number of rotatable bonds is 7. The fraction of sp³-hybridized carbons (Fsp3) is 0.250. The van der Waals surface area contributed by atoms with Crippen molar-refractivity contribution in [3.8, 4) is 0 Å². The molecule has 0 saturated carbocycles. The van der Waals surface area contributed by atoms with Gasteiger partial charge in [0.15, 0.2) is 11.2 Å². The first-order valence-electron chi connectivity index (χ1n) is 12.7. The number of nitro benzene ring substituents is 1. The number of nitrogens with one attached hydrogen (secondary N) is 1. The molecular weight excluding hydrogens is 530 g/mol. The lowest BCUT2D eigenvalue weighted by Crippen LogP contribution is -2.37. The molecule has 210 valence electrons. The molecule has 0 spiro atoms. The van der Waals surface area contributed by atoms with Gasteiger partial charge in [-0.1, -0.05) is 18.2 Å². The van der Waals surface area contributed by atoms with E-state index < -0.39 is 28.1 Å². The number of esters is 1. The number of hydrogen-bond acceptors (Lipinski definition) is 9. The van der Waals surface area contributed by atoms with E-state index >= 15 is 0 Å². The van der Waals surface area contributed by atoms with Crippen LogP contribution in [0.15, 0.2) is 81.5 Å². The van der Waals surface area contributed by atoms with Gasteiger partial charge in [-0.25, -0.2) is 14.6 Å². The van der Waals surface area contributed by atoms with Gasteiger partial charge in [0.1, 0.15) is 6.61 Å². The Labute approximate surface area is 233 Å². The van der Waals surface area contributed by atoms with Crippen molar-refractivity contribution in [1.29, 1.82) is 0 Å². The number of allylic oxidation sites excluding steroid dienone is 3. The van der Waals surface area contributed by atoms with E-state index in [1.54, 1.807) is 31.3 Å². The predicted octanol–water partition coefficient (Wildman–Crippen LogP) is 2.37. The number of benzene rings is 1. The molecule has 0 aliphatic carbocycles. The number of dihydropyridines is 1. The highest BCUT2D eigenvalue weighted by atomic mass is 16.6. The molecular formula is C28H27N7O6. The van der Waals surface area contributed by atoms with Gasteiger partial charge in [0.05, 0.1) is 29.1 Å². The largest absolute Gasteiger partial charge is 0.460 e. The molecule has 0 amide bonds. The zero-order chi connectivity index (χ0) is 29.4. The van der Waals surface area contributed by atoms with Crippen LogP contribution >= 0.6 is 0 Å². The van der Waals surface area contributed by atoms with Crippen LogP contribution in [0.3, 0.4) is 0 Å². The molecule has 1 N–H and O–H groups in total. The first-order valence-corrected chi connectivity index (χ1v) is 12.7. The Morgan fingerprint density at radius 1 is 1.07 bits per heavy atom. The maximum absolute atomic E-state index is 13.7. The second-order valence-electron chi connectivity index (χ2n) is 9.65. The molecule has 1 aliphatic heterocycles. The Hall–Kier alpha value is -5.33. The fourth-order valence-corrected chi connectivity index (χ4v) is 5.16. The third-order valence-electron chi connectivity index (χ3n) is 7.12. The molecule has 4 heterocycles. The van der Waals surface area contributed by atoms with Crippen LogP contribution in [-0.2, 0) is 30.2 Å². The van der Waals surface area contributed by atoms with Crippen LogP contribution in [0.5, 0.6) is 0 Å². The number of carbonyl (C=O) groups excluding carboxylic acids is 1. The monoisotopic (exact) mass is 557 g/mol. The molecule has 1 aliphatic rings. The van der Waals surface area contributed by atoms with E-state index in [1.807, 2.05) is 19.1 Å². The smallest absolute Gasteiger partial charge is 0.336 e. The lowest BCUT2D eigenvalue weighted by molar-refractivity contribution is -0.384. The molecule has 0 fully saturated rings. The number of pyridine rings is 1. The number of ether oxygens (including phenoxy) is 1. The number of nitrogens with zero attached hydrogens (tertiary/aromatic N) is 6. The highest BCUT2D eigenvalue weighted by Crippen LogP contribution is 2.43. The van der Waals surface area contributed by atoms with Crippen molar-refractivity contribution in [3.63, 3.8) is 0 Å². The van der Waals surface area contributed by atoms with Gasteiger partial charge in [0, 0.05) is 55.3 Å². The number of carbonyl (C=O) groups is 1. The van der Waals surface area contributed by atoms with Crippen LogP contribution in [0.2, 0.25) is 0 Å². The number of non-ortho nitro benzene ring substituents is 1. The van der Waals surface area contributed by atoms with Crippen LogP contribution in [0.1, 0.15) is 31.0 Å². The molecule has 0 radical (unpaired) electrons. The highest BCUT2D eigenvalue weighted by molar-refractivity contribution is 5.97. The molecule has 41 heavy (non-hydrogen) atoms. The molecule has 5 rings (SSSR count). The molecule has 1 atom stereocenters. The van der Waals surface area contributed by atoms with Crippen LogP contribution < -0.4 is 16.6 Å². The van der Waals surface area contributed by atoms with E-state index in [0.29, 0.717) is 22.5 Å². The fourth-order valence-electron chi connectivity index (χ4n) is 5.16. The Morgan fingerprint density at radius 3 is 2.56 bits per heavy atom. The summed E-state index contributed by atoms with van der Waals surface area (Å²) in [4.78, 5) is 58.4. The molecule has 1 unspecified atom stereocenters. The summed E-state index contributed by atoms with van der Waals surface area (Å²) in [5.74, 6) is -1.33. The molecule has 0 bridgehead atoms. The van der Waals surface area contributed by atoms with E-state index in [4.69, 9.17) is 4.74 Å². The number of aromatic nitrogens is 5. The average molecular weight is 558 g/mol. The predicted molar refractivity (Wildman–Crippen MR) is 150 cm³/mol. The summed E-state index contributed by atoms with van der Waals surface area (Å²) < 4.78 is 9.51. The molecule has 13 heteroatoms. The zero-order valence-corrected chi connectivity index (χ0v) is 22.8. The van der Waals surface area contributed by atoms with Crippen molar-refractivity contribution in [2.24, 2.45) is 14.1 Å². The van der Waals surface area contributed by atoms with Gasteiger partial charge in [0.2, 0.25) is 0 Å². The van der Waals surface area contributed by atoms with Crippen molar-refractivity contribution < 1.29 is 14.5 Å². The van der Waals surface area contributed by atoms with Gasteiger partial charge >= 0.3 is 11.7 Å². The maximum Gasteiger partial charge on any atom is 0.336 e. The molecule has 13 nitrogen and oxygen atoms in total. The highest BCUT2D eigenvalue weighted by Gasteiger charge is 2.36. The molecule has 4 aromatic rings. The number of nitro groups is 1. The van der Waals surface area contributed by atoms with Crippen molar-refractivity contribution in [3.05, 3.63) is 114 Å². The lowest BCUT2D eigenvalue weighted by Gasteiger charge is -2.31. The molecule has 1 aromatic carbocycles. The summed E-state index contributed by atoms with van der Waals surface area (Å²) in [6.07, 6.45) is 3.06. The van der Waals surface area contributed by atoms with E-state index in [0.717, 1.165) is 10.3 Å². The van der Waals surface area contributed by atoms with Crippen LogP contribution in [0.4, 0.5) is 5.69 Å². The van der Waals surface area contributed by atoms with Gasteiger partial charge < -0.3 is 14.6 Å². The van der Waals surface area contributed by atoms with Gasteiger partial charge in [-0.3, -0.25) is 29.0 Å². The van der Waals surface area contributed by atoms with Gasteiger partial charge in [-0.15, -0.1) is 0 Å². The molecule has 0 saturated heterocycles. The van der Waals surface area contributed by atoms with Crippen molar-refractivity contribution in [2.75, 3.05) is 6.61 Å². The summed E-state index contributed by atoms with van der Waals surface area (Å²) in [5.41, 5.74) is 2.75. The van der Waals surface area contributed by atoms with Gasteiger partial charge in [-0.05, 0) is 31.5 Å². The standard InChI is InChI=1S/C28H27N7O6/c1-16-21(20-10-5-6-11-29-20)23(18-8-7-9-19(14-18)35(39)40)22(17(2)31-16)27(37)41-13-12-34-15-30-25-24(34)26(36)33(4)28(38)32(25)3/h5-11,14-15,23,31H,12-13H2,1-4H3. The Morgan fingerprint density at radius 2 is 1.85 bits per heavy atom. The number of hydrogen-bond donors (Lipinski definition) is 1. The van der Waals surface area contributed by atoms with Gasteiger partial charge in [-0.2, -0.15) is 0 Å². The van der Waals surface area contributed by atoms with E-state index in [2.05, 4.69) is 15.3 Å². The quantitative estimate of drug-likeness (QED) is 0.205. The maximum atomic E-state index is 13.7. The normalized spacial score (nSPS) is 15.3. The molecule has 3 aromatic heterocycles. The van der Waals surface area contributed by atoms with Crippen molar-refractivity contribution >= 4 is 28.4 Å². The Bertz CT molecular complexity index is 1880. The summed E-state index contributed by atoms with van der Waals surface area (Å²) in [5, 5.41) is 14.8.